The second kappa shape index (κ2) is 5.61. The molecule has 1 aliphatic heterocycles. The van der Waals surface area contributed by atoms with E-state index in [1.54, 1.807) is 13.8 Å². The van der Waals surface area contributed by atoms with Gasteiger partial charge in [0.2, 0.25) is 0 Å². The smallest absolute Gasteiger partial charge is 0.318 e. The number of rotatable bonds is 4. The molecular weight excluding hydrogens is 250 g/mol. The summed E-state index contributed by atoms with van der Waals surface area (Å²) in [5.41, 5.74) is -1.05. The Kier molecular flexibility index (Phi) is 4.84. The molecule has 0 bridgehead atoms. The van der Waals surface area contributed by atoms with Crippen molar-refractivity contribution in [2.45, 2.75) is 32.4 Å². The summed E-state index contributed by atoms with van der Waals surface area (Å²) in [6.07, 6.45) is 0. The van der Waals surface area contributed by atoms with E-state index in [0.717, 1.165) is 18.8 Å². The summed E-state index contributed by atoms with van der Waals surface area (Å²) in [6.45, 7) is 9.72. The van der Waals surface area contributed by atoms with Gasteiger partial charge in [0.1, 0.15) is 5.41 Å². The molecule has 0 atom stereocenters. The van der Waals surface area contributed by atoms with Crippen molar-refractivity contribution >= 4 is 23.5 Å². The van der Waals surface area contributed by atoms with E-state index >= 15 is 0 Å². The average molecular weight is 273 g/mol. The van der Waals surface area contributed by atoms with Crippen LogP contribution in [0.4, 0.5) is 0 Å². The number of hydrogen-bond donors (Lipinski definition) is 0. The van der Waals surface area contributed by atoms with Crippen LogP contribution in [0.5, 0.6) is 0 Å². The summed E-state index contributed by atoms with van der Waals surface area (Å²) >= 11 is 1.92. The van der Waals surface area contributed by atoms with Crippen LogP contribution in [0, 0.1) is 5.41 Å². The van der Waals surface area contributed by atoms with Crippen LogP contribution in [-0.2, 0) is 14.3 Å². The monoisotopic (exact) mass is 273 g/mol. The molecular formula is C13H23NO3S. The van der Waals surface area contributed by atoms with Crippen molar-refractivity contribution < 1.29 is 14.3 Å². The van der Waals surface area contributed by atoms with E-state index in [1.165, 1.54) is 7.11 Å². The van der Waals surface area contributed by atoms with Crippen molar-refractivity contribution in [1.82, 2.24) is 4.90 Å². The van der Waals surface area contributed by atoms with Gasteiger partial charge in [0.05, 0.1) is 13.7 Å². The number of carbonyl (C=O) groups is 2. The van der Waals surface area contributed by atoms with Crippen molar-refractivity contribution in [3.8, 4) is 0 Å². The average Bonchev–Trinajstić information content (AvgIpc) is 2.26. The Morgan fingerprint density at radius 3 is 2.50 bits per heavy atom. The SMILES string of the molecule is COC(=O)C(C)(C)C(=O)CN1CCSC(C)(C)C1. The Labute approximate surface area is 113 Å². The maximum Gasteiger partial charge on any atom is 0.318 e. The lowest BCUT2D eigenvalue weighted by Gasteiger charge is -2.38. The molecule has 0 unspecified atom stereocenters. The first kappa shape index (κ1) is 15.5. The van der Waals surface area contributed by atoms with Crippen LogP contribution < -0.4 is 0 Å². The lowest BCUT2D eigenvalue weighted by molar-refractivity contribution is -0.156. The third-order valence-electron chi connectivity index (χ3n) is 3.26. The van der Waals surface area contributed by atoms with Crippen LogP contribution in [-0.4, -0.2) is 53.9 Å². The van der Waals surface area contributed by atoms with Gasteiger partial charge in [-0.1, -0.05) is 0 Å². The standard InChI is InChI=1S/C13H23NO3S/c1-12(2)9-14(6-7-18-12)8-10(15)13(3,4)11(16)17-5/h6-9H2,1-5H3. The summed E-state index contributed by atoms with van der Waals surface area (Å²) in [5.74, 6) is 0.494. The molecule has 1 aliphatic rings. The topological polar surface area (TPSA) is 46.6 Å². The Morgan fingerprint density at radius 1 is 1.39 bits per heavy atom. The zero-order valence-electron chi connectivity index (χ0n) is 11.9. The Balaban J connectivity index is 2.62. The normalized spacial score (nSPS) is 20.5. The minimum Gasteiger partial charge on any atom is -0.468 e. The molecule has 4 nitrogen and oxygen atoms in total. The first-order valence-electron chi connectivity index (χ1n) is 6.17. The highest BCUT2D eigenvalue weighted by atomic mass is 32.2. The Bertz CT molecular complexity index is 339. The number of esters is 1. The van der Waals surface area contributed by atoms with Gasteiger partial charge in [-0.15, -0.1) is 0 Å². The number of carbonyl (C=O) groups excluding carboxylic acids is 2. The van der Waals surface area contributed by atoms with Crippen LogP contribution in [0.3, 0.4) is 0 Å². The number of Topliss-reactive ketones (excluding diaryl/α,β-unsaturated/α-hetero) is 1. The number of thioether (sulfide) groups is 1. The van der Waals surface area contributed by atoms with Crippen LogP contribution in [0.25, 0.3) is 0 Å². The summed E-state index contributed by atoms with van der Waals surface area (Å²) in [5, 5.41) is 0. The second-order valence-corrected chi connectivity index (χ2v) is 7.66. The van der Waals surface area contributed by atoms with Crippen molar-refractivity contribution in [3.05, 3.63) is 0 Å². The maximum absolute atomic E-state index is 12.2. The fourth-order valence-electron chi connectivity index (χ4n) is 2.02. The highest BCUT2D eigenvalue weighted by molar-refractivity contribution is 8.00. The van der Waals surface area contributed by atoms with E-state index in [9.17, 15) is 9.59 Å². The van der Waals surface area contributed by atoms with Crippen molar-refractivity contribution in [3.63, 3.8) is 0 Å². The van der Waals surface area contributed by atoms with E-state index in [4.69, 9.17) is 0 Å². The summed E-state index contributed by atoms with van der Waals surface area (Å²) in [4.78, 5) is 25.9. The van der Waals surface area contributed by atoms with Gasteiger partial charge in [0, 0.05) is 23.6 Å². The molecule has 1 heterocycles. The number of hydrogen-bond acceptors (Lipinski definition) is 5. The number of methoxy groups -OCH3 is 1. The molecule has 0 amide bonds. The Hall–Kier alpha value is -0.550. The van der Waals surface area contributed by atoms with Crippen LogP contribution in [0.15, 0.2) is 0 Å². The van der Waals surface area contributed by atoms with Gasteiger partial charge in [0.25, 0.3) is 0 Å². The number of ether oxygens (including phenoxy) is 1. The molecule has 1 fully saturated rings. The zero-order chi connectivity index (χ0) is 14.0. The highest BCUT2D eigenvalue weighted by Crippen LogP contribution is 2.30. The van der Waals surface area contributed by atoms with Gasteiger partial charge < -0.3 is 4.74 Å². The summed E-state index contributed by atoms with van der Waals surface area (Å²) in [7, 11) is 1.32. The second-order valence-electron chi connectivity index (χ2n) is 5.86. The molecule has 0 radical (unpaired) electrons. The number of nitrogens with zero attached hydrogens (tertiary/aromatic N) is 1. The molecule has 0 spiro atoms. The Morgan fingerprint density at radius 2 is 2.00 bits per heavy atom. The van der Waals surface area contributed by atoms with Crippen LogP contribution in [0.2, 0.25) is 0 Å². The van der Waals surface area contributed by atoms with Gasteiger partial charge in [-0.2, -0.15) is 11.8 Å². The largest absolute Gasteiger partial charge is 0.468 e. The van der Waals surface area contributed by atoms with Crippen molar-refractivity contribution in [2.24, 2.45) is 5.41 Å². The van der Waals surface area contributed by atoms with Crippen molar-refractivity contribution in [2.75, 3.05) is 32.5 Å². The molecule has 1 rings (SSSR count). The fraction of sp³-hybridized carbons (Fsp3) is 0.846. The molecule has 18 heavy (non-hydrogen) atoms. The minimum absolute atomic E-state index is 0.0722. The van der Waals surface area contributed by atoms with Gasteiger partial charge >= 0.3 is 5.97 Å². The first-order chi connectivity index (χ1) is 8.19. The first-order valence-corrected chi connectivity index (χ1v) is 7.15. The third-order valence-corrected chi connectivity index (χ3v) is 4.56. The van der Waals surface area contributed by atoms with Crippen LogP contribution in [0.1, 0.15) is 27.7 Å². The van der Waals surface area contributed by atoms with E-state index in [0.29, 0.717) is 6.54 Å². The summed E-state index contributed by atoms with van der Waals surface area (Å²) < 4.78 is 4.86. The van der Waals surface area contributed by atoms with Crippen molar-refractivity contribution in [1.29, 1.82) is 0 Å². The lowest BCUT2D eigenvalue weighted by Crippen LogP contribution is -2.48. The van der Waals surface area contributed by atoms with E-state index < -0.39 is 11.4 Å². The predicted octanol–water partition coefficient (Wildman–Crippen LogP) is 1.58. The minimum atomic E-state index is -1.05. The quantitative estimate of drug-likeness (QED) is 0.575. The predicted molar refractivity (Wildman–Crippen MR) is 73.8 cm³/mol. The molecule has 5 heteroatoms. The van der Waals surface area contributed by atoms with Gasteiger partial charge in [-0.05, 0) is 27.7 Å². The number of ketones is 1. The highest BCUT2D eigenvalue weighted by Gasteiger charge is 2.38. The fourth-order valence-corrected chi connectivity index (χ4v) is 3.19. The molecule has 104 valence electrons. The van der Waals surface area contributed by atoms with E-state index in [2.05, 4.69) is 23.5 Å². The van der Waals surface area contributed by atoms with E-state index in [1.807, 2.05) is 11.8 Å². The zero-order valence-corrected chi connectivity index (χ0v) is 12.7. The van der Waals surface area contributed by atoms with Gasteiger partial charge in [-0.3, -0.25) is 14.5 Å². The third kappa shape index (κ3) is 3.72. The maximum atomic E-state index is 12.2. The summed E-state index contributed by atoms with van der Waals surface area (Å²) in [6, 6.07) is 0. The molecule has 0 aliphatic carbocycles. The van der Waals surface area contributed by atoms with Gasteiger partial charge in [-0.25, -0.2) is 0 Å². The van der Waals surface area contributed by atoms with E-state index in [-0.39, 0.29) is 10.5 Å². The molecule has 0 saturated carbocycles. The molecule has 0 aromatic carbocycles. The molecule has 0 aromatic rings. The van der Waals surface area contributed by atoms with Crippen LogP contribution >= 0.6 is 11.8 Å². The van der Waals surface area contributed by atoms with Gasteiger partial charge in [0.15, 0.2) is 5.78 Å². The lowest BCUT2D eigenvalue weighted by atomic mass is 9.87. The molecule has 0 N–H and O–H groups in total. The molecule has 0 aromatic heterocycles. The molecule has 1 saturated heterocycles.